The fourth-order valence-electron chi connectivity index (χ4n) is 4.66. The molecule has 1 aliphatic rings. The van der Waals surface area contributed by atoms with Crippen molar-refractivity contribution < 1.29 is 0 Å². The monoisotopic (exact) mass is 294 g/mol. The SMILES string of the molecule is CCCC1C(CC)C1C(C)C(C)CCCC(C)C(C)CC. The third-order valence-corrected chi connectivity index (χ3v) is 6.93. The maximum Gasteiger partial charge on any atom is -0.0324 e. The van der Waals surface area contributed by atoms with Crippen LogP contribution in [-0.4, -0.2) is 0 Å². The lowest BCUT2D eigenvalue weighted by atomic mass is 9.83. The standard InChI is InChI=1S/C21H42/c1-8-12-20-19(10-3)21(20)18(7)17(6)14-11-13-16(5)15(4)9-2/h15-21H,8-14H2,1-7H3. The van der Waals surface area contributed by atoms with Crippen LogP contribution in [0.1, 0.15) is 93.4 Å². The van der Waals surface area contributed by atoms with Gasteiger partial charge >= 0.3 is 0 Å². The van der Waals surface area contributed by atoms with Gasteiger partial charge in [-0.2, -0.15) is 0 Å². The van der Waals surface area contributed by atoms with Gasteiger partial charge in [0.05, 0.1) is 0 Å². The van der Waals surface area contributed by atoms with E-state index in [0.29, 0.717) is 0 Å². The molecule has 0 bridgehead atoms. The molecule has 21 heavy (non-hydrogen) atoms. The van der Waals surface area contributed by atoms with Crippen molar-refractivity contribution in [3.8, 4) is 0 Å². The third-order valence-electron chi connectivity index (χ3n) is 6.93. The van der Waals surface area contributed by atoms with E-state index in [4.69, 9.17) is 0 Å². The second kappa shape index (κ2) is 9.21. The smallest absolute Gasteiger partial charge is 0.0324 e. The minimum atomic E-state index is 0.902. The Morgan fingerprint density at radius 1 is 0.762 bits per heavy atom. The third kappa shape index (κ3) is 5.29. The number of hydrogen-bond donors (Lipinski definition) is 0. The van der Waals surface area contributed by atoms with E-state index in [1.807, 2.05) is 0 Å². The largest absolute Gasteiger partial charge is 0.0654 e. The Labute approximate surface area is 135 Å². The molecule has 1 fully saturated rings. The summed E-state index contributed by atoms with van der Waals surface area (Å²) in [6, 6.07) is 0. The van der Waals surface area contributed by atoms with E-state index in [-0.39, 0.29) is 0 Å². The molecule has 0 amide bonds. The van der Waals surface area contributed by atoms with Gasteiger partial charge in [-0.05, 0) is 41.4 Å². The Morgan fingerprint density at radius 3 is 1.90 bits per heavy atom. The summed E-state index contributed by atoms with van der Waals surface area (Å²) in [7, 11) is 0. The lowest BCUT2D eigenvalue weighted by Crippen LogP contribution is -2.13. The van der Waals surface area contributed by atoms with Crippen LogP contribution in [-0.2, 0) is 0 Å². The first kappa shape index (κ1) is 19.0. The van der Waals surface area contributed by atoms with Gasteiger partial charge in [-0.3, -0.25) is 0 Å². The van der Waals surface area contributed by atoms with Crippen molar-refractivity contribution in [3.05, 3.63) is 0 Å². The van der Waals surface area contributed by atoms with Gasteiger partial charge in [-0.1, -0.05) is 93.4 Å². The van der Waals surface area contributed by atoms with Crippen LogP contribution in [0.2, 0.25) is 0 Å². The highest BCUT2D eigenvalue weighted by Crippen LogP contribution is 2.57. The molecule has 7 unspecified atom stereocenters. The zero-order chi connectivity index (χ0) is 16.0. The first-order chi connectivity index (χ1) is 9.97. The summed E-state index contributed by atoms with van der Waals surface area (Å²) in [5.74, 6) is 6.87. The van der Waals surface area contributed by atoms with Crippen molar-refractivity contribution in [2.45, 2.75) is 93.4 Å². The molecule has 0 aromatic carbocycles. The molecule has 0 N–H and O–H groups in total. The summed E-state index contributed by atoms with van der Waals surface area (Å²) in [4.78, 5) is 0. The second-order valence-corrected chi connectivity index (χ2v) is 8.23. The maximum absolute atomic E-state index is 2.55. The highest BCUT2D eigenvalue weighted by atomic mass is 14.6. The van der Waals surface area contributed by atoms with Gasteiger partial charge in [0.1, 0.15) is 0 Å². The van der Waals surface area contributed by atoms with E-state index in [2.05, 4.69) is 48.5 Å². The predicted octanol–water partition coefficient (Wildman–Crippen LogP) is 7.18. The summed E-state index contributed by atoms with van der Waals surface area (Å²) in [6.07, 6.45) is 9.94. The number of hydrogen-bond acceptors (Lipinski definition) is 0. The molecule has 0 aliphatic heterocycles. The topological polar surface area (TPSA) is 0 Å². The average Bonchev–Trinajstić information content (AvgIpc) is 3.18. The van der Waals surface area contributed by atoms with Crippen LogP contribution in [0, 0.1) is 41.4 Å². The summed E-state index contributed by atoms with van der Waals surface area (Å²) >= 11 is 0. The van der Waals surface area contributed by atoms with E-state index in [0.717, 1.165) is 41.4 Å². The molecular weight excluding hydrogens is 252 g/mol. The molecule has 1 rings (SSSR count). The van der Waals surface area contributed by atoms with Gasteiger partial charge in [0.15, 0.2) is 0 Å². The molecule has 0 heteroatoms. The molecular formula is C21H42. The molecule has 0 aromatic rings. The zero-order valence-electron chi connectivity index (χ0n) is 16.0. The van der Waals surface area contributed by atoms with E-state index in [1.165, 1.54) is 44.9 Å². The highest BCUT2D eigenvalue weighted by Gasteiger charge is 2.50. The summed E-state index contributed by atoms with van der Waals surface area (Å²) in [6.45, 7) is 17.0. The normalized spacial score (nSPS) is 30.7. The van der Waals surface area contributed by atoms with Crippen molar-refractivity contribution in [3.63, 3.8) is 0 Å². The van der Waals surface area contributed by atoms with Crippen molar-refractivity contribution in [1.82, 2.24) is 0 Å². The quantitative estimate of drug-likeness (QED) is 0.378. The van der Waals surface area contributed by atoms with Gasteiger partial charge in [-0.15, -0.1) is 0 Å². The molecule has 0 radical (unpaired) electrons. The van der Waals surface area contributed by atoms with Gasteiger partial charge < -0.3 is 0 Å². The molecule has 1 saturated carbocycles. The molecule has 0 spiro atoms. The van der Waals surface area contributed by atoms with Crippen LogP contribution < -0.4 is 0 Å². The Balaban J connectivity index is 2.30. The molecule has 0 heterocycles. The molecule has 1 aliphatic carbocycles. The van der Waals surface area contributed by atoms with Crippen LogP contribution >= 0.6 is 0 Å². The Bertz CT molecular complexity index is 269. The zero-order valence-corrected chi connectivity index (χ0v) is 16.0. The predicted molar refractivity (Wildman–Crippen MR) is 96.5 cm³/mol. The van der Waals surface area contributed by atoms with Crippen LogP contribution in [0.15, 0.2) is 0 Å². The van der Waals surface area contributed by atoms with Crippen LogP contribution in [0.3, 0.4) is 0 Å². The highest BCUT2D eigenvalue weighted by molar-refractivity contribution is 4.99. The van der Waals surface area contributed by atoms with Crippen molar-refractivity contribution >= 4 is 0 Å². The van der Waals surface area contributed by atoms with E-state index < -0.39 is 0 Å². The van der Waals surface area contributed by atoms with Crippen LogP contribution in [0.5, 0.6) is 0 Å². The second-order valence-electron chi connectivity index (χ2n) is 8.23. The van der Waals surface area contributed by atoms with Crippen LogP contribution in [0.25, 0.3) is 0 Å². The van der Waals surface area contributed by atoms with Gasteiger partial charge in [0, 0.05) is 0 Å². The molecule has 0 saturated heterocycles. The van der Waals surface area contributed by atoms with Gasteiger partial charge in [0.2, 0.25) is 0 Å². The molecule has 0 nitrogen and oxygen atoms in total. The summed E-state index contributed by atoms with van der Waals surface area (Å²) in [5.41, 5.74) is 0. The first-order valence-electron chi connectivity index (χ1n) is 9.97. The first-order valence-corrected chi connectivity index (χ1v) is 9.97. The maximum atomic E-state index is 2.55. The van der Waals surface area contributed by atoms with Crippen LogP contribution in [0.4, 0.5) is 0 Å². The van der Waals surface area contributed by atoms with E-state index >= 15 is 0 Å². The molecule has 7 atom stereocenters. The minimum Gasteiger partial charge on any atom is -0.0654 e. The van der Waals surface area contributed by atoms with Gasteiger partial charge in [-0.25, -0.2) is 0 Å². The van der Waals surface area contributed by atoms with E-state index in [9.17, 15) is 0 Å². The van der Waals surface area contributed by atoms with Crippen molar-refractivity contribution in [1.29, 1.82) is 0 Å². The fraction of sp³-hybridized carbons (Fsp3) is 1.00. The van der Waals surface area contributed by atoms with Gasteiger partial charge in [0.25, 0.3) is 0 Å². The Hall–Kier alpha value is 0. The lowest BCUT2D eigenvalue weighted by Gasteiger charge is -2.23. The van der Waals surface area contributed by atoms with Crippen molar-refractivity contribution in [2.75, 3.05) is 0 Å². The molecule has 0 aromatic heterocycles. The van der Waals surface area contributed by atoms with Crippen molar-refractivity contribution in [2.24, 2.45) is 41.4 Å². The Morgan fingerprint density at radius 2 is 1.38 bits per heavy atom. The summed E-state index contributed by atoms with van der Waals surface area (Å²) in [5, 5.41) is 0. The van der Waals surface area contributed by atoms with E-state index in [1.54, 1.807) is 0 Å². The summed E-state index contributed by atoms with van der Waals surface area (Å²) < 4.78 is 0. The molecule has 126 valence electrons. The fourth-order valence-corrected chi connectivity index (χ4v) is 4.66. The minimum absolute atomic E-state index is 0.902. The number of rotatable bonds is 11. The Kier molecular flexibility index (Phi) is 8.35. The average molecular weight is 295 g/mol. The lowest BCUT2D eigenvalue weighted by molar-refractivity contribution is 0.276.